The zero-order chi connectivity index (χ0) is 29.6. The summed E-state index contributed by atoms with van der Waals surface area (Å²) in [6, 6.07) is 20.6. The largest absolute Gasteiger partial charge is 0.491 e. The molecule has 1 amide bonds. The van der Waals surface area contributed by atoms with Crippen LogP contribution in [0.4, 0.5) is 8.78 Å². The van der Waals surface area contributed by atoms with Crippen molar-refractivity contribution in [2.75, 3.05) is 19.4 Å². The molecule has 10 heteroatoms. The van der Waals surface area contributed by atoms with Crippen LogP contribution in [0.2, 0.25) is 0 Å². The molecule has 0 radical (unpaired) electrons. The van der Waals surface area contributed by atoms with Gasteiger partial charge in [-0.2, -0.15) is 0 Å². The highest BCUT2D eigenvalue weighted by molar-refractivity contribution is 7.90. The van der Waals surface area contributed by atoms with Crippen LogP contribution in [-0.2, 0) is 22.8 Å². The molecule has 42 heavy (non-hydrogen) atoms. The molecular formula is C32H27F2N3O4S. The van der Waals surface area contributed by atoms with Gasteiger partial charge in [-0.3, -0.25) is 4.79 Å². The van der Waals surface area contributed by atoms with Crippen molar-refractivity contribution in [1.29, 1.82) is 0 Å². The second-order valence-corrected chi connectivity index (χ2v) is 12.2. The van der Waals surface area contributed by atoms with E-state index in [4.69, 9.17) is 4.74 Å². The lowest BCUT2D eigenvalue weighted by Gasteiger charge is -2.22. The maximum absolute atomic E-state index is 15.1. The van der Waals surface area contributed by atoms with Gasteiger partial charge in [-0.15, -0.1) is 0 Å². The molecule has 0 aliphatic carbocycles. The lowest BCUT2D eigenvalue weighted by molar-refractivity contribution is 0.0731. The number of ether oxygens (including phenoxy) is 1. The number of sulfone groups is 1. The van der Waals surface area contributed by atoms with E-state index in [1.165, 1.54) is 18.2 Å². The van der Waals surface area contributed by atoms with E-state index in [-0.39, 0.29) is 49.0 Å². The van der Waals surface area contributed by atoms with Crippen molar-refractivity contribution in [2.45, 2.75) is 24.8 Å². The highest BCUT2D eigenvalue weighted by Gasteiger charge is 2.27. The number of aromatic amines is 1. The van der Waals surface area contributed by atoms with Gasteiger partial charge in [0.05, 0.1) is 17.6 Å². The molecule has 0 unspecified atom stereocenters. The van der Waals surface area contributed by atoms with Crippen molar-refractivity contribution < 1.29 is 26.7 Å². The highest BCUT2D eigenvalue weighted by atomic mass is 32.2. The zero-order valence-corrected chi connectivity index (χ0v) is 23.8. The number of carbonyl (C=O) groups excluding carboxylic acids is 1. The van der Waals surface area contributed by atoms with Gasteiger partial charge in [0.2, 0.25) is 0 Å². The van der Waals surface area contributed by atoms with Gasteiger partial charge in [-0.25, -0.2) is 22.2 Å². The Kier molecular flexibility index (Phi) is 7.02. The third-order valence-corrected chi connectivity index (χ3v) is 8.57. The molecule has 0 bridgehead atoms. The molecule has 214 valence electrons. The number of hydrogen-bond donors (Lipinski definition) is 1. The summed E-state index contributed by atoms with van der Waals surface area (Å²) in [5.74, 6) is -0.294. The van der Waals surface area contributed by atoms with Crippen molar-refractivity contribution in [3.8, 4) is 28.3 Å². The summed E-state index contributed by atoms with van der Waals surface area (Å²) in [6.45, 7) is 2.49. The predicted octanol–water partition coefficient (Wildman–Crippen LogP) is 6.18. The van der Waals surface area contributed by atoms with Gasteiger partial charge in [0.15, 0.2) is 9.84 Å². The van der Waals surface area contributed by atoms with E-state index in [1.54, 1.807) is 17.9 Å². The Bertz CT molecular complexity index is 1950. The first-order chi connectivity index (χ1) is 20.1. The summed E-state index contributed by atoms with van der Waals surface area (Å²) in [4.78, 5) is 22.5. The summed E-state index contributed by atoms with van der Waals surface area (Å²) in [6.07, 6.45) is 1.12. The number of fused-ring (bicyclic) bond motifs is 2. The Morgan fingerprint density at radius 3 is 2.45 bits per heavy atom. The van der Waals surface area contributed by atoms with E-state index in [2.05, 4.69) is 9.97 Å². The number of amides is 1. The Morgan fingerprint density at radius 2 is 1.71 bits per heavy atom. The molecule has 2 heterocycles. The average Bonchev–Trinajstić information content (AvgIpc) is 3.27. The van der Waals surface area contributed by atoms with E-state index < -0.39 is 20.5 Å². The topological polar surface area (TPSA) is 92.4 Å². The smallest absolute Gasteiger partial charge is 0.254 e. The van der Waals surface area contributed by atoms with E-state index in [0.29, 0.717) is 22.6 Å². The summed E-state index contributed by atoms with van der Waals surface area (Å²) in [5, 5.41) is 0. The molecule has 1 aromatic heterocycles. The minimum absolute atomic E-state index is 0.0803. The molecule has 0 saturated heterocycles. The average molecular weight is 588 g/mol. The van der Waals surface area contributed by atoms with Gasteiger partial charge in [0, 0.05) is 35.1 Å². The Labute approximate surface area is 241 Å². The predicted molar refractivity (Wildman–Crippen MR) is 156 cm³/mol. The van der Waals surface area contributed by atoms with Crippen LogP contribution in [0.5, 0.6) is 5.75 Å². The Balaban J connectivity index is 1.27. The van der Waals surface area contributed by atoms with Gasteiger partial charge < -0.3 is 14.6 Å². The standard InChI is InChI=1S/C32H27F2N3O4S/c1-3-24-25(10-13-29(30(24)34)42(2,39)40)32(38)37-14-15-41-28-12-8-21(16-22(28)18-37)19-4-6-20(7-5-19)31-35-26-11-9-23(33)17-27(26)36-31/h4-13,16-17H,3,14-15,18H2,1-2H3,(H,35,36). The number of halogens is 2. The molecule has 5 aromatic rings. The number of H-pyrrole nitrogens is 1. The molecule has 0 saturated carbocycles. The van der Waals surface area contributed by atoms with E-state index in [9.17, 15) is 17.6 Å². The number of imidazole rings is 1. The molecular weight excluding hydrogens is 560 g/mol. The van der Waals surface area contributed by atoms with E-state index in [0.717, 1.165) is 34.6 Å². The van der Waals surface area contributed by atoms with Crippen LogP contribution in [0.1, 0.15) is 28.4 Å². The van der Waals surface area contributed by atoms with Crippen molar-refractivity contribution in [1.82, 2.24) is 14.9 Å². The van der Waals surface area contributed by atoms with Gasteiger partial charge in [-0.1, -0.05) is 37.3 Å². The highest BCUT2D eigenvalue weighted by Crippen LogP contribution is 2.32. The molecule has 7 nitrogen and oxygen atoms in total. The number of benzene rings is 4. The number of aromatic nitrogens is 2. The fourth-order valence-corrected chi connectivity index (χ4v) is 6.05. The summed E-state index contributed by atoms with van der Waals surface area (Å²) < 4.78 is 58.6. The fraction of sp³-hybridized carbons (Fsp3) is 0.188. The maximum atomic E-state index is 15.1. The van der Waals surface area contributed by atoms with Crippen molar-refractivity contribution >= 4 is 26.8 Å². The third kappa shape index (κ3) is 5.14. The number of nitrogens with zero attached hydrogens (tertiary/aromatic N) is 2. The second-order valence-electron chi connectivity index (χ2n) is 10.3. The number of carbonyl (C=O) groups is 1. The molecule has 1 N–H and O–H groups in total. The monoisotopic (exact) mass is 587 g/mol. The third-order valence-electron chi connectivity index (χ3n) is 7.45. The SMILES string of the molecule is CCc1c(C(=O)N2CCOc3ccc(-c4ccc(-c5nc6ccc(F)cc6[nH]5)cc4)cc3C2)ccc(S(C)(=O)=O)c1F. The second kappa shape index (κ2) is 10.7. The number of nitrogens with one attached hydrogen (secondary N) is 1. The van der Waals surface area contributed by atoms with Crippen LogP contribution in [0.3, 0.4) is 0 Å². The maximum Gasteiger partial charge on any atom is 0.254 e. The van der Waals surface area contributed by atoms with Gasteiger partial charge in [-0.05, 0) is 60.0 Å². The van der Waals surface area contributed by atoms with Gasteiger partial charge in [0.25, 0.3) is 5.91 Å². The van der Waals surface area contributed by atoms with Crippen LogP contribution >= 0.6 is 0 Å². The molecule has 1 aliphatic rings. The first-order valence-electron chi connectivity index (χ1n) is 13.4. The normalized spacial score (nSPS) is 13.5. The van der Waals surface area contributed by atoms with E-state index in [1.807, 2.05) is 42.5 Å². The Morgan fingerprint density at radius 1 is 0.976 bits per heavy atom. The van der Waals surface area contributed by atoms with Crippen molar-refractivity contribution in [3.63, 3.8) is 0 Å². The van der Waals surface area contributed by atoms with Crippen molar-refractivity contribution in [3.05, 3.63) is 101 Å². The minimum Gasteiger partial charge on any atom is -0.491 e. The minimum atomic E-state index is -3.78. The molecule has 0 atom stereocenters. The fourth-order valence-electron chi connectivity index (χ4n) is 5.29. The van der Waals surface area contributed by atoms with Gasteiger partial charge >= 0.3 is 0 Å². The van der Waals surface area contributed by atoms with Crippen LogP contribution in [-0.4, -0.2) is 48.6 Å². The molecule has 6 rings (SSSR count). The molecule has 4 aromatic carbocycles. The Hall–Kier alpha value is -4.57. The molecule has 1 aliphatic heterocycles. The van der Waals surface area contributed by atoms with Crippen LogP contribution in [0.25, 0.3) is 33.5 Å². The lowest BCUT2D eigenvalue weighted by atomic mass is 10.00. The number of hydrogen-bond acceptors (Lipinski definition) is 5. The van der Waals surface area contributed by atoms with E-state index >= 15 is 4.39 Å². The van der Waals surface area contributed by atoms with Crippen LogP contribution in [0, 0.1) is 11.6 Å². The van der Waals surface area contributed by atoms with Gasteiger partial charge in [0.1, 0.15) is 34.7 Å². The number of rotatable bonds is 5. The summed E-state index contributed by atoms with van der Waals surface area (Å²) in [5.41, 5.74) is 5.04. The first kappa shape index (κ1) is 27.6. The van der Waals surface area contributed by atoms with Crippen molar-refractivity contribution in [2.24, 2.45) is 0 Å². The lowest BCUT2D eigenvalue weighted by Crippen LogP contribution is -2.33. The molecule has 0 fully saturated rings. The first-order valence-corrected chi connectivity index (χ1v) is 15.3. The molecule has 0 spiro atoms. The van der Waals surface area contributed by atoms with Crippen LogP contribution < -0.4 is 4.74 Å². The quantitative estimate of drug-likeness (QED) is 0.265. The summed E-state index contributed by atoms with van der Waals surface area (Å²) in [7, 11) is -3.78. The van der Waals surface area contributed by atoms with Crippen LogP contribution in [0.15, 0.2) is 77.7 Å². The summed E-state index contributed by atoms with van der Waals surface area (Å²) >= 11 is 0. The zero-order valence-electron chi connectivity index (χ0n) is 22.9.